The van der Waals surface area contributed by atoms with Crippen molar-refractivity contribution in [3.05, 3.63) is 11.1 Å². The number of hydrogen-bond acceptors (Lipinski definition) is 5. The topological polar surface area (TPSA) is 65.5 Å². The van der Waals surface area contributed by atoms with E-state index in [0.29, 0.717) is 5.13 Å². The Labute approximate surface area is 98.1 Å². The van der Waals surface area contributed by atoms with Gasteiger partial charge >= 0.3 is 5.97 Å². The first kappa shape index (κ1) is 11.3. The number of thiazole rings is 1. The first-order valence-corrected chi connectivity index (χ1v) is 6.23. The predicted octanol–water partition coefficient (Wildman–Crippen LogP) is 1.35. The molecular formula is C10H15N3O2S. The van der Waals surface area contributed by atoms with Crippen molar-refractivity contribution < 1.29 is 9.90 Å². The Bertz CT molecular complexity index is 361. The van der Waals surface area contributed by atoms with E-state index in [1.807, 2.05) is 0 Å². The van der Waals surface area contributed by atoms with Crippen LogP contribution in [0.25, 0.3) is 0 Å². The molecule has 2 heterocycles. The van der Waals surface area contributed by atoms with Crippen LogP contribution in [0.2, 0.25) is 0 Å². The number of hydrogen-bond donors (Lipinski definition) is 2. The van der Waals surface area contributed by atoms with Gasteiger partial charge in [0.15, 0.2) is 5.13 Å². The summed E-state index contributed by atoms with van der Waals surface area (Å²) >= 11 is 1.18. The monoisotopic (exact) mass is 241 g/mol. The second kappa shape index (κ2) is 5.27. The average molecular weight is 241 g/mol. The standard InChI is InChI=1S/C10H15N3O2S/c14-9(15)8-7-12-10(16-8)11-3-6-13-4-1-2-5-13/h7H,1-6H2,(H,11,12)(H,14,15). The van der Waals surface area contributed by atoms with Crippen molar-refractivity contribution in [2.45, 2.75) is 12.8 Å². The maximum absolute atomic E-state index is 10.6. The molecule has 2 N–H and O–H groups in total. The molecule has 2 rings (SSSR count). The van der Waals surface area contributed by atoms with Gasteiger partial charge in [-0.2, -0.15) is 0 Å². The van der Waals surface area contributed by atoms with E-state index in [0.717, 1.165) is 13.1 Å². The van der Waals surface area contributed by atoms with Crippen molar-refractivity contribution >= 4 is 22.4 Å². The molecule has 0 bridgehead atoms. The minimum atomic E-state index is -0.912. The number of anilines is 1. The van der Waals surface area contributed by atoms with E-state index < -0.39 is 5.97 Å². The Balaban J connectivity index is 1.74. The highest BCUT2D eigenvalue weighted by Gasteiger charge is 2.11. The van der Waals surface area contributed by atoms with Gasteiger partial charge in [-0.3, -0.25) is 0 Å². The number of aromatic nitrogens is 1. The Hall–Kier alpha value is -1.14. The van der Waals surface area contributed by atoms with Gasteiger partial charge in [0.05, 0.1) is 6.20 Å². The second-order valence-electron chi connectivity index (χ2n) is 3.81. The SMILES string of the molecule is O=C(O)c1cnc(NCCN2CCCC2)s1. The van der Waals surface area contributed by atoms with Crippen LogP contribution in [-0.4, -0.2) is 47.1 Å². The number of nitrogens with zero attached hydrogens (tertiary/aromatic N) is 2. The summed E-state index contributed by atoms with van der Waals surface area (Å²) in [6.07, 6.45) is 3.98. The molecule has 0 spiro atoms. The number of rotatable bonds is 5. The van der Waals surface area contributed by atoms with Gasteiger partial charge in [-0.05, 0) is 25.9 Å². The molecular weight excluding hydrogens is 226 g/mol. The molecule has 1 aromatic rings. The summed E-state index contributed by atoms with van der Waals surface area (Å²) in [4.78, 5) is 17.3. The molecule has 1 fully saturated rings. The van der Waals surface area contributed by atoms with E-state index in [-0.39, 0.29) is 4.88 Å². The van der Waals surface area contributed by atoms with E-state index in [4.69, 9.17) is 5.11 Å². The summed E-state index contributed by atoms with van der Waals surface area (Å²) in [5.41, 5.74) is 0. The smallest absolute Gasteiger partial charge is 0.347 e. The van der Waals surface area contributed by atoms with Gasteiger partial charge in [0.25, 0.3) is 0 Å². The van der Waals surface area contributed by atoms with E-state index >= 15 is 0 Å². The Morgan fingerprint density at radius 2 is 2.31 bits per heavy atom. The van der Waals surface area contributed by atoms with Crippen LogP contribution in [0, 0.1) is 0 Å². The van der Waals surface area contributed by atoms with Crippen molar-refractivity contribution in [2.75, 3.05) is 31.5 Å². The van der Waals surface area contributed by atoms with Gasteiger partial charge in [-0.15, -0.1) is 0 Å². The number of nitrogens with one attached hydrogen (secondary N) is 1. The number of aromatic carboxylic acids is 1. The number of likely N-dealkylation sites (tertiary alicyclic amines) is 1. The maximum atomic E-state index is 10.6. The van der Waals surface area contributed by atoms with Crippen molar-refractivity contribution in [2.24, 2.45) is 0 Å². The van der Waals surface area contributed by atoms with Crippen molar-refractivity contribution in [3.8, 4) is 0 Å². The normalized spacial score (nSPS) is 16.5. The van der Waals surface area contributed by atoms with Crippen molar-refractivity contribution in [1.82, 2.24) is 9.88 Å². The zero-order valence-electron chi connectivity index (χ0n) is 8.98. The highest BCUT2D eigenvalue weighted by atomic mass is 32.1. The maximum Gasteiger partial charge on any atom is 0.347 e. The molecule has 1 aromatic heterocycles. The van der Waals surface area contributed by atoms with E-state index in [1.54, 1.807) is 0 Å². The zero-order chi connectivity index (χ0) is 11.4. The van der Waals surface area contributed by atoms with Crippen molar-refractivity contribution in [1.29, 1.82) is 0 Å². The van der Waals surface area contributed by atoms with Crippen LogP contribution in [0.5, 0.6) is 0 Å². The summed E-state index contributed by atoms with van der Waals surface area (Å²) in [7, 11) is 0. The molecule has 0 aromatic carbocycles. The summed E-state index contributed by atoms with van der Waals surface area (Å²) in [5.74, 6) is -0.912. The lowest BCUT2D eigenvalue weighted by molar-refractivity contribution is 0.0702. The van der Waals surface area contributed by atoms with Crippen LogP contribution in [0.1, 0.15) is 22.5 Å². The third-order valence-corrected chi connectivity index (χ3v) is 3.56. The summed E-state index contributed by atoms with van der Waals surface area (Å²) in [6.45, 7) is 4.19. The molecule has 0 atom stereocenters. The third kappa shape index (κ3) is 2.93. The quantitative estimate of drug-likeness (QED) is 0.814. The molecule has 1 aliphatic rings. The summed E-state index contributed by atoms with van der Waals surface area (Å²) in [5, 5.41) is 12.6. The van der Waals surface area contributed by atoms with Crippen LogP contribution in [0.3, 0.4) is 0 Å². The fourth-order valence-electron chi connectivity index (χ4n) is 1.78. The average Bonchev–Trinajstić information content (AvgIpc) is 2.87. The number of carbonyl (C=O) groups is 1. The molecule has 1 aliphatic heterocycles. The van der Waals surface area contributed by atoms with Crippen LogP contribution < -0.4 is 5.32 Å². The number of carboxylic acid groups (broad SMARTS) is 1. The number of carboxylic acids is 1. The highest BCUT2D eigenvalue weighted by molar-refractivity contribution is 7.17. The van der Waals surface area contributed by atoms with E-state index in [1.165, 1.54) is 43.5 Å². The van der Waals surface area contributed by atoms with Gasteiger partial charge in [-0.25, -0.2) is 9.78 Å². The van der Waals surface area contributed by atoms with E-state index in [2.05, 4.69) is 15.2 Å². The van der Waals surface area contributed by atoms with Gasteiger partial charge in [-0.1, -0.05) is 11.3 Å². The highest BCUT2D eigenvalue weighted by Crippen LogP contribution is 2.17. The molecule has 0 aliphatic carbocycles. The fraction of sp³-hybridized carbons (Fsp3) is 0.600. The molecule has 0 saturated carbocycles. The Morgan fingerprint density at radius 3 is 2.94 bits per heavy atom. The van der Waals surface area contributed by atoms with Gasteiger partial charge in [0, 0.05) is 13.1 Å². The lowest BCUT2D eigenvalue weighted by Crippen LogP contribution is -2.25. The van der Waals surface area contributed by atoms with E-state index in [9.17, 15) is 4.79 Å². The largest absolute Gasteiger partial charge is 0.477 e. The molecule has 1 saturated heterocycles. The zero-order valence-corrected chi connectivity index (χ0v) is 9.79. The molecule has 6 heteroatoms. The molecule has 5 nitrogen and oxygen atoms in total. The van der Waals surface area contributed by atoms with Gasteiger partial charge < -0.3 is 15.3 Å². The Morgan fingerprint density at radius 1 is 1.56 bits per heavy atom. The van der Waals surface area contributed by atoms with Crippen LogP contribution in [0.15, 0.2) is 6.20 Å². The minimum absolute atomic E-state index is 0.281. The molecule has 16 heavy (non-hydrogen) atoms. The molecule has 0 radical (unpaired) electrons. The van der Waals surface area contributed by atoms with Crippen LogP contribution in [-0.2, 0) is 0 Å². The van der Waals surface area contributed by atoms with Gasteiger partial charge in [0.2, 0.25) is 0 Å². The first-order chi connectivity index (χ1) is 7.75. The molecule has 0 amide bonds. The third-order valence-electron chi connectivity index (χ3n) is 2.62. The fourth-order valence-corrected chi connectivity index (χ4v) is 2.46. The van der Waals surface area contributed by atoms with Gasteiger partial charge in [0.1, 0.15) is 4.88 Å². The summed E-state index contributed by atoms with van der Waals surface area (Å²) in [6, 6.07) is 0. The lowest BCUT2D eigenvalue weighted by atomic mass is 10.4. The summed E-state index contributed by atoms with van der Waals surface area (Å²) < 4.78 is 0. The molecule has 0 unspecified atom stereocenters. The predicted molar refractivity (Wildman–Crippen MR) is 63.2 cm³/mol. The Kier molecular flexibility index (Phi) is 3.74. The lowest BCUT2D eigenvalue weighted by Gasteiger charge is -2.13. The van der Waals surface area contributed by atoms with Crippen LogP contribution in [0.4, 0.5) is 5.13 Å². The second-order valence-corrected chi connectivity index (χ2v) is 4.84. The van der Waals surface area contributed by atoms with Crippen LogP contribution >= 0.6 is 11.3 Å². The first-order valence-electron chi connectivity index (χ1n) is 5.41. The molecule has 88 valence electrons. The minimum Gasteiger partial charge on any atom is -0.477 e. The van der Waals surface area contributed by atoms with Crippen molar-refractivity contribution in [3.63, 3.8) is 0 Å².